The molecule has 1 saturated heterocycles. The number of rotatable bonds is 7. The van der Waals surface area contributed by atoms with Gasteiger partial charge in [-0.1, -0.05) is 54.2 Å². The van der Waals surface area contributed by atoms with Crippen molar-refractivity contribution in [1.82, 2.24) is 19.7 Å². The van der Waals surface area contributed by atoms with Gasteiger partial charge in [0.05, 0.1) is 30.3 Å². The maximum absolute atomic E-state index is 5.85. The second kappa shape index (κ2) is 8.05. The Morgan fingerprint density at radius 2 is 2.15 bits per heavy atom. The van der Waals surface area contributed by atoms with Crippen LogP contribution >= 0.6 is 11.8 Å². The van der Waals surface area contributed by atoms with Gasteiger partial charge in [0.1, 0.15) is 0 Å². The Hall–Kier alpha value is -2.12. The minimum absolute atomic E-state index is 0.251. The van der Waals surface area contributed by atoms with E-state index in [2.05, 4.69) is 44.0 Å². The molecule has 0 radical (unpaired) electrons. The molecule has 1 aromatic carbocycles. The Kier molecular flexibility index (Phi) is 5.36. The lowest BCUT2D eigenvalue weighted by Gasteiger charge is -2.15. The molecule has 0 amide bonds. The highest BCUT2D eigenvalue weighted by molar-refractivity contribution is 7.98. The van der Waals surface area contributed by atoms with Crippen molar-refractivity contribution < 1.29 is 9.26 Å². The van der Waals surface area contributed by atoms with E-state index in [1.54, 1.807) is 11.8 Å². The summed E-state index contributed by atoms with van der Waals surface area (Å²) in [6.07, 6.45) is 5.20. The summed E-state index contributed by atoms with van der Waals surface area (Å²) in [5.74, 6) is 2.00. The van der Waals surface area contributed by atoms with Gasteiger partial charge in [0.15, 0.2) is 11.0 Å². The van der Waals surface area contributed by atoms with Gasteiger partial charge in [0.25, 0.3) is 0 Å². The molecule has 1 unspecified atom stereocenters. The summed E-state index contributed by atoms with van der Waals surface area (Å²) >= 11 is 1.62. The summed E-state index contributed by atoms with van der Waals surface area (Å²) in [5, 5.41) is 4.91. The van der Waals surface area contributed by atoms with Gasteiger partial charge in [0, 0.05) is 13.0 Å². The first-order valence-electron chi connectivity index (χ1n) is 9.00. The molecule has 3 aromatic rings. The van der Waals surface area contributed by atoms with Crippen LogP contribution in [0.2, 0.25) is 0 Å². The van der Waals surface area contributed by atoms with Crippen LogP contribution in [0.1, 0.15) is 31.5 Å². The maximum Gasteiger partial charge on any atom is 0.237 e. The van der Waals surface area contributed by atoms with Crippen LogP contribution in [0.5, 0.6) is 0 Å². The fourth-order valence-corrected chi connectivity index (χ4v) is 3.93. The molecule has 2 aromatic heterocycles. The predicted molar refractivity (Wildman–Crippen MR) is 99.9 cm³/mol. The third kappa shape index (κ3) is 3.83. The van der Waals surface area contributed by atoms with Crippen LogP contribution in [0.3, 0.4) is 0 Å². The summed E-state index contributed by atoms with van der Waals surface area (Å²) in [7, 11) is 0. The Labute approximate surface area is 157 Å². The molecule has 136 valence electrons. The number of nitrogens with zero attached hydrogens (tertiary/aromatic N) is 4. The van der Waals surface area contributed by atoms with Gasteiger partial charge in [-0.3, -0.25) is 0 Å². The molecular weight excluding hydrogens is 348 g/mol. The highest BCUT2D eigenvalue weighted by atomic mass is 32.2. The number of hydrogen-bond acceptors (Lipinski definition) is 6. The van der Waals surface area contributed by atoms with E-state index >= 15 is 0 Å². The number of benzene rings is 1. The molecule has 3 heterocycles. The Morgan fingerprint density at radius 1 is 1.27 bits per heavy atom. The first-order chi connectivity index (χ1) is 12.8. The highest BCUT2D eigenvalue weighted by Gasteiger charge is 2.21. The van der Waals surface area contributed by atoms with Gasteiger partial charge < -0.3 is 13.8 Å². The third-order valence-corrected chi connectivity index (χ3v) is 5.43. The van der Waals surface area contributed by atoms with Gasteiger partial charge in [-0.2, -0.15) is 4.98 Å². The molecular formula is C19H22N4O2S. The lowest BCUT2D eigenvalue weighted by Crippen LogP contribution is -2.16. The summed E-state index contributed by atoms with van der Waals surface area (Å²) in [5.41, 5.74) is 2.28. The molecule has 26 heavy (non-hydrogen) atoms. The first kappa shape index (κ1) is 17.3. The average Bonchev–Trinajstić information content (AvgIpc) is 3.42. The van der Waals surface area contributed by atoms with E-state index in [1.165, 1.54) is 0 Å². The fourth-order valence-electron chi connectivity index (χ4n) is 3.10. The van der Waals surface area contributed by atoms with Crippen molar-refractivity contribution in [3.8, 4) is 11.3 Å². The molecule has 4 rings (SSSR count). The normalized spacial score (nSPS) is 17.0. The molecule has 1 aliphatic rings. The lowest BCUT2D eigenvalue weighted by molar-refractivity contribution is 0.0954. The number of thioether (sulfide) groups is 1. The van der Waals surface area contributed by atoms with Crippen LogP contribution in [-0.4, -0.2) is 32.4 Å². The number of aromatic nitrogens is 4. The van der Waals surface area contributed by atoms with Gasteiger partial charge in [-0.25, -0.2) is 4.98 Å². The van der Waals surface area contributed by atoms with Crippen LogP contribution in [0.4, 0.5) is 0 Å². The molecule has 0 N–H and O–H groups in total. The van der Waals surface area contributed by atoms with Gasteiger partial charge in [-0.15, -0.1) is 0 Å². The second-order valence-electron chi connectivity index (χ2n) is 6.28. The Morgan fingerprint density at radius 3 is 2.88 bits per heavy atom. The zero-order valence-electron chi connectivity index (χ0n) is 14.8. The van der Waals surface area contributed by atoms with Crippen molar-refractivity contribution in [2.24, 2.45) is 0 Å². The molecule has 1 fully saturated rings. The monoisotopic (exact) mass is 370 g/mol. The van der Waals surface area contributed by atoms with E-state index in [0.717, 1.165) is 54.7 Å². The van der Waals surface area contributed by atoms with Crippen LogP contribution < -0.4 is 0 Å². The van der Waals surface area contributed by atoms with Crippen LogP contribution in [0.15, 0.2) is 46.2 Å². The number of ether oxygens (including phenoxy) is 1. The van der Waals surface area contributed by atoms with E-state index in [0.29, 0.717) is 11.6 Å². The van der Waals surface area contributed by atoms with Crippen molar-refractivity contribution >= 4 is 11.8 Å². The quantitative estimate of drug-likeness (QED) is 0.586. The van der Waals surface area contributed by atoms with Gasteiger partial charge in [0.2, 0.25) is 5.89 Å². The lowest BCUT2D eigenvalue weighted by atomic mass is 10.1. The van der Waals surface area contributed by atoms with Crippen molar-refractivity contribution in [3.63, 3.8) is 0 Å². The smallest absolute Gasteiger partial charge is 0.237 e. The molecule has 1 atom stereocenters. The minimum Gasteiger partial charge on any atom is -0.376 e. The minimum atomic E-state index is 0.251. The van der Waals surface area contributed by atoms with Gasteiger partial charge in [-0.05, 0) is 18.4 Å². The van der Waals surface area contributed by atoms with E-state index in [9.17, 15) is 0 Å². The van der Waals surface area contributed by atoms with Crippen molar-refractivity contribution in [2.75, 3.05) is 6.61 Å². The zero-order chi connectivity index (χ0) is 17.8. The second-order valence-corrected chi connectivity index (χ2v) is 7.23. The molecule has 0 saturated carbocycles. The molecule has 7 heteroatoms. The number of imidazole rings is 1. The fraction of sp³-hybridized carbons (Fsp3) is 0.421. The third-order valence-electron chi connectivity index (χ3n) is 4.45. The van der Waals surface area contributed by atoms with E-state index in [1.807, 2.05) is 19.2 Å². The average molecular weight is 370 g/mol. The maximum atomic E-state index is 5.85. The highest BCUT2D eigenvalue weighted by Crippen LogP contribution is 2.29. The van der Waals surface area contributed by atoms with Crippen LogP contribution in [0.25, 0.3) is 11.3 Å². The summed E-state index contributed by atoms with van der Waals surface area (Å²) in [6, 6.07) is 10.4. The van der Waals surface area contributed by atoms with E-state index in [-0.39, 0.29) is 6.10 Å². The standard InChI is InChI=1S/C19H22N4O2S/c1-2-17-21-18(25-22-17)13-26-19-20-11-16(14-7-4-3-5-8-14)23(19)12-15-9-6-10-24-15/h3-5,7-8,11,15H,2,6,9-10,12-13H2,1H3. The van der Waals surface area contributed by atoms with Gasteiger partial charge >= 0.3 is 0 Å². The first-order valence-corrected chi connectivity index (χ1v) is 9.99. The topological polar surface area (TPSA) is 66.0 Å². The Bertz CT molecular complexity index is 840. The molecule has 0 aliphatic carbocycles. The molecule has 6 nitrogen and oxygen atoms in total. The molecule has 0 bridgehead atoms. The van der Waals surface area contributed by atoms with Crippen molar-refractivity contribution in [3.05, 3.63) is 48.2 Å². The largest absolute Gasteiger partial charge is 0.376 e. The van der Waals surface area contributed by atoms with Crippen molar-refractivity contribution in [1.29, 1.82) is 0 Å². The summed E-state index contributed by atoms with van der Waals surface area (Å²) < 4.78 is 13.4. The molecule has 0 spiro atoms. The molecule has 1 aliphatic heterocycles. The zero-order valence-corrected chi connectivity index (χ0v) is 15.6. The predicted octanol–water partition coefficient (Wildman–Crippen LogP) is 3.97. The van der Waals surface area contributed by atoms with E-state index < -0.39 is 0 Å². The SMILES string of the molecule is CCc1noc(CSc2ncc(-c3ccccc3)n2CC2CCCO2)n1. The Balaban J connectivity index is 1.57. The number of hydrogen-bond donors (Lipinski definition) is 0. The van der Waals surface area contributed by atoms with Crippen LogP contribution in [0, 0.1) is 0 Å². The number of aryl methyl sites for hydroxylation is 1. The van der Waals surface area contributed by atoms with Crippen LogP contribution in [-0.2, 0) is 23.5 Å². The summed E-state index contributed by atoms with van der Waals surface area (Å²) in [4.78, 5) is 9.04. The van der Waals surface area contributed by atoms with E-state index in [4.69, 9.17) is 9.26 Å². The van der Waals surface area contributed by atoms with Crippen molar-refractivity contribution in [2.45, 2.75) is 49.7 Å². The summed E-state index contributed by atoms with van der Waals surface area (Å²) in [6.45, 7) is 3.68.